The van der Waals surface area contributed by atoms with Gasteiger partial charge in [0.1, 0.15) is 98.7 Å². The summed E-state index contributed by atoms with van der Waals surface area (Å²) in [7, 11) is -5.69. The lowest BCUT2D eigenvalue weighted by atomic mass is 9.84. The summed E-state index contributed by atoms with van der Waals surface area (Å²) < 4.78 is 64.9. The van der Waals surface area contributed by atoms with Gasteiger partial charge in [-0.25, -0.2) is 4.57 Å². The van der Waals surface area contributed by atoms with Crippen LogP contribution in [-0.2, 0) is 61.2 Å². The molecule has 0 radical (unpaired) electrons. The fourth-order valence-corrected chi connectivity index (χ4v) is 13.2. The number of ether oxygens (including phenoxy) is 7. The average Bonchev–Trinajstić information content (AvgIpc) is 0.764. The summed E-state index contributed by atoms with van der Waals surface area (Å²) in [6, 6.07) is 0. The summed E-state index contributed by atoms with van der Waals surface area (Å²) >= 11 is 0. The predicted molar refractivity (Wildman–Crippen MR) is 356 cm³/mol. The predicted octanol–water partition coefficient (Wildman–Crippen LogP) is 9.57. The lowest BCUT2D eigenvalue weighted by molar-refractivity contribution is -0.360. The molecule has 0 amide bonds. The van der Waals surface area contributed by atoms with Gasteiger partial charge in [-0.1, -0.05) is 232 Å². The Balaban J connectivity index is 1.74. The fourth-order valence-electron chi connectivity index (χ4n) is 12.2. The van der Waals surface area contributed by atoms with Gasteiger partial charge in [0.2, 0.25) is 0 Å². The van der Waals surface area contributed by atoms with E-state index >= 15 is 0 Å². The maximum atomic E-state index is 14.3. The highest BCUT2D eigenvalue weighted by Crippen LogP contribution is 2.49. The van der Waals surface area contributed by atoms with Crippen molar-refractivity contribution in [1.82, 2.24) is 0 Å². The number of phosphoric ester groups is 1. The molecule has 0 spiro atoms. The average molecular weight is 1390 g/mol. The molecule has 1 aliphatic carbocycles. The molecule has 1 saturated carbocycles. The Bertz CT molecular complexity index is 2020. The van der Waals surface area contributed by atoms with Gasteiger partial charge in [-0.3, -0.25) is 23.4 Å². The molecule has 25 heteroatoms. The van der Waals surface area contributed by atoms with Gasteiger partial charge < -0.3 is 89.1 Å². The number of carbonyl (C=O) groups is 3. The van der Waals surface area contributed by atoms with Crippen LogP contribution in [0, 0.1) is 0 Å². The standard InChI is InChI=1S/C70H129O24P/c1-4-7-10-13-16-19-22-25-26-28-30-33-36-39-42-45-55(73)87-50-53-58(76)60(78)65(83)70(91-53)93-67-63(81)61(79)62(80)66(92-69-64(82)59(77)57(75)52(47-71)90-69)68(67)94-95(84,85)88-49-51(48-86-54(72)44-41-38-35-32-29-24-21-18-15-12-9-6-3)89-56(74)46-43-40-37-34-31-27-23-20-17-14-11-8-5-2/h19,22,51-53,57-71,75-83H,4-18,20-21,23-50H2,1-3H3,(H,84,85)/b22-19-. The number of allylic oxidation sites excluding steroid dienone is 2. The lowest BCUT2D eigenvalue weighted by Crippen LogP contribution is -2.69. The van der Waals surface area contributed by atoms with Crippen molar-refractivity contribution in [3.8, 4) is 0 Å². The minimum atomic E-state index is -5.69. The highest BCUT2D eigenvalue weighted by molar-refractivity contribution is 7.47. The van der Waals surface area contributed by atoms with Crippen LogP contribution >= 0.6 is 7.82 Å². The zero-order chi connectivity index (χ0) is 69.6. The zero-order valence-corrected chi connectivity index (χ0v) is 58.9. The van der Waals surface area contributed by atoms with Crippen LogP contribution in [0.1, 0.15) is 284 Å². The van der Waals surface area contributed by atoms with Gasteiger partial charge in [-0.15, -0.1) is 0 Å². The SMILES string of the molecule is CCCCCC/C=C\CCCCCCCCCC(=O)OCC1OC(OC2C(O)C(O)C(O)C(OC3OC(CO)C(O)C(O)C3O)C2OP(=O)(O)OCC(COC(=O)CCCCCCCCCCCCCC)OC(=O)CCCCCCCCCCCCCCC)C(O)C(O)C1O. The normalized spacial score (nSPS) is 28.1. The second-order valence-electron chi connectivity index (χ2n) is 26.7. The third-order valence-corrected chi connectivity index (χ3v) is 19.3. The van der Waals surface area contributed by atoms with Crippen molar-refractivity contribution in [3.05, 3.63) is 12.2 Å². The van der Waals surface area contributed by atoms with Crippen LogP contribution in [0.15, 0.2) is 12.2 Å². The molecule has 0 aromatic rings. The lowest BCUT2D eigenvalue weighted by Gasteiger charge is -2.49. The smallest absolute Gasteiger partial charge is 0.463 e. The van der Waals surface area contributed by atoms with Crippen LogP contribution in [0.5, 0.6) is 0 Å². The van der Waals surface area contributed by atoms with Crippen LogP contribution in [0.4, 0.5) is 0 Å². The first-order valence-electron chi connectivity index (χ1n) is 37.0. The Morgan fingerprint density at radius 1 is 0.400 bits per heavy atom. The Hall–Kier alpha value is -2.30. The van der Waals surface area contributed by atoms with Gasteiger partial charge in [0, 0.05) is 19.3 Å². The molecule has 2 saturated heterocycles. The molecule has 2 aliphatic heterocycles. The topological polar surface area (TPSA) is 374 Å². The van der Waals surface area contributed by atoms with Gasteiger partial charge in [-0.2, -0.15) is 0 Å². The molecule has 0 aromatic carbocycles. The first kappa shape index (κ1) is 86.9. The maximum absolute atomic E-state index is 14.3. The van der Waals surface area contributed by atoms with Gasteiger partial charge in [0.25, 0.3) is 0 Å². The second-order valence-corrected chi connectivity index (χ2v) is 28.1. The third-order valence-electron chi connectivity index (χ3n) is 18.3. The molecule has 3 aliphatic rings. The highest BCUT2D eigenvalue weighted by atomic mass is 31.2. The van der Waals surface area contributed by atoms with Crippen LogP contribution in [0.2, 0.25) is 0 Å². The van der Waals surface area contributed by atoms with E-state index in [1.54, 1.807) is 0 Å². The Morgan fingerprint density at radius 2 is 0.737 bits per heavy atom. The van der Waals surface area contributed by atoms with Gasteiger partial charge in [0.05, 0.1) is 13.2 Å². The Kier molecular flexibility index (Phi) is 48.2. The summed E-state index contributed by atoms with van der Waals surface area (Å²) in [5, 5.41) is 110. The number of aliphatic hydroxyl groups is 10. The number of esters is 3. The molecule has 558 valence electrons. The number of rotatable bonds is 57. The summed E-state index contributed by atoms with van der Waals surface area (Å²) in [6.45, 7) is 3.42. The first-order chi connectivity index (χ1) is 45.8. The minimum absolute atomic E-state index is 0.0247. The van der Waals surface area contributed by atoms with Crippen LogP contribution in [0.3, 0.4) is 0 Å². The summed E-state index contributed by atoms with van der Waals surface area (Å²) in [6.07, 6.45) is 10.0. The maximum Gasteiger partial charge on any atom is 0.472 e. The summed E-state index contributed by atoms with van der Waals surface area (Å²) in [5.74, 6) is -1.99. The monoisotopic (exact) mass is 1380 g/mol. The fraction of sp³-hybridized carbons (Fsp3) is 0.929. The van der Waals surface area contributed by atoms with E-state index < -0.39 is 156 Å². The number of aliphatic hydroxyl groups excluding tert-OH is 10. The number of hydrogen-bond donors (Lipinski definition) is 11. The van der Waals surface area contributed by atoms with Gasteiger partial charge >= 0.3 is 25.7 Å². The van der Waals surface area contributed by atoms with Crippen LogP contribution < -0.4 is 0 Å². The molecule has 2 heterocycles. The van der Waals surface area contributed by atoms with E-state index in [2.05, 4.69) is 32.9 Å². The molecular formula is C70H129O24P. The number of carbonyl (C=O) groups excluding carboxylic acids is 3. The van der Waals surface area contributed by atoms with Crippen molar-refractivity contribution in [2.45, 2.75) is 388 Å². The number of unbranched alkanes of at least 4 members (excludes halogenated alkanes) is 34. The van der Waals surface area contributed by atoms with Crippen molar-refractivity contribution in [3.63, 3.8) is 0 Å². The van der Waals surface area contributed by atoms with Crippen molar-refractivity contribution in [2.75, 3.05) is 26.4 Å². The van der Waals surface area contributed by atoms with E-state index in [0.717, 1.165) is 116 Å². The highest BCUT2D eigenvalue weighted by Gasteiger charge is 2.58. The molecule has 3 rings (SSSR count). The largest absolute Gasteiger partial charge is 0.472 e. The molecule has 18 unspecified atom stereocenters. The molecule has 0 bridgehead atoms. The Labute approximate surface area is 567 Å². The van der Waals surface area contributed by atoms with E-state index in [9.17, 15) is 74.9 Å². The van der Waals surface area contributed by atoms with Crippen molar-refractivity contribution in [2.24, 2.45) is 0 Å². The zero-order valence-electron chi connectivity index (χ0n) is 58.0. The van der Waals surface area contributed by atoms with E-state index in [1.807, 2.05) is 0 Å². The van der Waals surface area contributed by atoms with Gasteiger partial charge in [0.15, 0.2) is 18.7 Å². The van der Waals surface area contributed by atoms with Crippen molar-refractivity contribution >= 4 is 25.7 Å². The van der Waals surface area contributed by atoms with Gasteiger partial charge in [-0.05, 0) is 44.9 Å². The molecule has 95 heavy (non-hydrogen) atoms. The Morgan fingerprint density at radius 3 is 1.15 bits per heavy atom. The molecular weight excluding hydrogens is 1260 g/mol. The van der Waals surface area contributed by atoms with Crippen molar-refractivity contribution in [1.29, 1.82) is 0 Å². The molecule has 24 nitrogen and oxygen atoms in total. The van der Waals surface area contributed by atoms with E-state index in [-0.39, 0.29) is 19.3 Å². The van der Waals surface area contributed by atoms with E-state index in [1.165, 1.54) is 109 Å². The number of phosphoric acid groups is 1. The number of hydrogen-bond acceptors (Lipinski definition) is 23. The summed E-state index contributed by atoms with van der Waals surface area (Å²) in [4.78, 5) is 50.9. The van der Waals surface area contributed by atoms with Crippen molar-refractivity contribution < 1.29 is 117 Å². The minimum Gasteiger partial charge on any atom is -0.463 e. The molecule has 0 aromatic heterocycles. The van der Waals surface area contributed by atoms with E-state index in [0.29, 0.717) is 19.3 Å². The second kappa shape index (κ2) is 52.6. The molecule has 18 atom stereocenters. The van der Waals surface area contributed by atoms with E-state index in [4.69, 9.17) is 42.2 Å². The molecule has 3 fully saturated rings. The third kappa shape index (κ3) is 36.2. The van der Waals surface area contributed by atoms with Crippen LogP contribution in [0.25, 0.3) is 0 Å². The van der Waals surface area contributed by atoms with Crippen LogP contribution in [-0.4, -0.2) is 204 Å². The summed E-state index contributed by atoms with van der Waals surface area (Å²) in [5.41, 5.74) is 0. The first-order valence-corrected chi connectivity index (χ1v) is 38.5. The quantitative estimate of drug-likeness (QED) is 0.00887. The molecule has 11 N–H and O–H groups in total.